The Hall–Kier alpha value is -0.610. The van der Waals surface area contributed by atoms with Crippen LogP contribution in [0, 0.1) is 5.92 Å². The van der Waals surface area contributed by atoms with Crippen LogP contribution in [0.25, 0.3) is 0 Å². The van der Waals surface area contributed by atoms with E-state index in [1.165, 1.54) is 0 Å². The Bertz CT molecular complexity index is 202. The molecule has 0 aliphatic carbocycles. The van der Waals surface area contributed by atoms with Crippen molar-refractivity contribution in [2.75, 3.05) is 26.3 Å². The molecule has 1 amide bonds. The highest BCUT2D eigenvalue weighted by Crippen LogP contribution is 2.18. The molecule has 0 aromatic rings. The van der Waals surface area contributed by atoms with Crippen molar-refractivity contribution in [3.05, 3.63) is 0 Å². The fourth-order valence-corrected chi connectivity index (χ4v) is 1.88. The summed E-state index contributed by atoms with van der Waals surface area (Å²) in [5.41, 5.74) is 5.48. The summed E-state index contributed by atoms with van der Waals surface area (Å²) in [4.78, 5) is 13.0. The molecule has 2 aliphatic heterocycles. The SMILES string of the molecule is NC1CN(CCC2CCOC2)C1=O. The van der Waals surface area contributed by atoms with Gasteiger partial charge in [0.25, 0.3) is 0 Å². The fraction of sp³-hybridized carbons (Fsp3) is 0.889. The zero-order chi connectivity index (χ0) is 9.26. The molecule has 2 unspecified atom stereocenters. The number of β-lactam (4-membered cyclic amide) rings is 1. The van der Waals surface area contributed by atoms with Crippen LogP contribution in [-0.2, 0) is 9.53 Å². The lowest BCUT2D eigenvalue weighted by Crippen LogP contribution is -2.61. The molecule has 74 valence electrons. The Morgan fingerprint density at radius 2 is 2.46 bits per heavy atom. The molecular formula is C9H16N2O2. The molecule has 0 aromatic carbocycles. The second kappa shape index (κ2) is 3.64. The molecule has 2 saturated heterocycles. The zero-order valence-electron chi connectivity index (χ0n) is 7.74. The standard InChI is InChI=1S/C9H16N2O2/c10-8-5-11(9(8)12)3-1-7-2-4-13-6-7/h7-8H,1-6,10H2. The van der Waals surface area contributed by atoms with Gasteiger partial charge in [-0.15, -0.1) is 0 Å². The number of ether oxygens (including phenoxy) is 1. The first-order valence-electron chi connectivity index (χ1n) is 4.89. The summed E-state index contributed by atoms with van der Waals surface area (Å²) in [5.74, 6) is 0.767. The summed E-state index contributed by atoms with van der Waals surface area (Å²) in [5, 5.41) is 0. The van der Waals surface area contributed by atoms with E-state index >= 15 is 0 Å². The molecule has 2 N–H and O–H groups in total. The Balaban J connectivity index is 1.65. The third kappa shape index (κ3) is 1.84. The summed E-state index contributed by atoms with van der Waals surface area (Å²) in [6, 6.07) is -0.222. The Morgan fingerprint density at radius 1 is 1.62 bits per heavy atom. The summed E-state index contributed by atoms with van der Waals surface area (Å²) in [6.07, 6.45) is 2.21. The molecule has 2 fully saturated rings. The minimum atomic E-state index is -0.222. The molecular weight excluding hydrogens is 168 g/mol. The summed E-state index contributed by atoms with van der Waals surface area (Å²) in [6.45, 7) is 3.36. The van der Waals surface area contributed by atoms with Gasteiger partial charge in [-0.25, -0.2) is 0 Å². The van der Waals surface area contributed by atoms with Crippen molar-refractivity contribution in [1.29, 1.82) is 0 Å². The highest BCUT2D eigenvalue weighted by Gasteiger charge is 2.33. The molecule has 0 radical (unpaired) electrons. The monoisotopic (exact) mass is 184 g/mol. The molecule has 4 heteroatoms. The Labute approximate surface area is 78.0 Å². The van der Waals surface area contributed by atoms with E-state index in [0.717, 1.165) is 39.1 Å². The maximum atomic E-state index is 11.1. The molecule has 2 heterocycles. The largest absolute Gasteiger partial charge is 0.381 e. The average molecular weight is 184 g/mol. The van der Waals surface area contributed by atoms with Crippen molar-refractivity contribution in [3.8, 4) is 0 Å². The normalized spacial score (nSPS) is 33.6. The first-order valence-corrected chi connectivity index (χ1v) is 4.89. The smallest absolute Gasteiger partial charge is 0.241 e. The lowest BCUT2D eigenvalue weighted by Gasteiger charge is -2.36. The van der Waals surface area contributed by atoms with E-state index in [-0.39, 0.29) is 11.9 Å². The summed E-state index contributed by atoms with van der Waals surface area (Å²) >= 11 is 0. The van der Waals surface area contributed by atoms with Gasteiger partial charge in [0.05, 0.1) is 0 Å². The number of hydrogen-bond acceptors (Lipinski definition) is 3. The predicted octanol–water partition coefficient (Wildman–Crippen LogP) is -0.418. The minimum absolute atomic E-state index is 0.110. The van der Waals surface area contributed by atoms with Crippen LogP contribution in [-0.4, -0.2) is 43.2 Å². The van der Waals surface area contributed by atoms with E-state index in [4.69, 9.17) is 10.5 Å². The van der Waals surface area contributed by atoms with Crippen molar-refractivity contribution >= 4 is 5.91 Å². The lowest BCUT2D eigenvalue weighted by molar-refractivity contribution is -0.142. The summed E-state index contributed by atoms with van der Waals surface area (Å²) in [7, 11) is 0. The quantitative estimate of drug-likeness (QED) is 0.606. The number of rotatable bonds is 3. The topological polar surface area (TPSA) is 55.6 Å². The minimum Gasteiger partial charge on any atom is -0.381 e. The number of amides is 1. The molecule has 13 heavy (non-hydrogen) atoms. The number of nitrogens with two attached hydrogens (primary N) is 1. The second-order valence-electron chi connectivity index (χ2n) is 3.91. The van der Waals surface area contributed by atoms with Gasteiger partial charge in [0.15, 0.2) is 0 Å². The fourth-order valence-electron chi connectivity index (χ4n) is 1.88. The molecule has 0 spiro atoms. The molecule has 4 nitrogen and oxygen atoms in total. The van der Waals surface area contributed by atoms with Gasteiger partial charge in [0.1, 0.15) is 6.04 Å². The number of likely N-dealkylation sites (tertiary alicyclic amines) is 1. The van der Waals surface area contributed by atoms with Crippen LogP contribution in [0.4, 0.5) is 0 Å². The van der Waals surface area contributed by atoms with Crippen LogP contribution in [0.3, 0.4) is 0 Å². The lowest BCUT2D eigenvalue weighted by atomic mass is 10.0. The highest BCUT2D eigenvalue weighted by atomic mass is 16.5. The van der Waals surface area contributed by atoms with Crippen LogP contribution in [0.1, 0.15) is 12.8 Å². The van der Waals surface area contributed by atoms with Crippen LogP contribution < -0.4 is 5.73 Å². The third-order valence-corrected chi connectivity index (χ3v) is 2.88. The van der Waals surface area contributed by atoms with Crippen LogP contribution in [0.5, 0.6) is 0 Å². The van der Waals surface area contributed by atoms with Crippen molar-refractivity contribution in [1.82, 2.24) is 4.90 Å². The van der Waals surface area contributed by atoms with E-state index in [0.29, 0.717) is 5.92 Å². The number of carbonyl (C=O) groups is 1. The van der Waals surface area contributed by atoms with E-state index in [2.05, 4.69) is 0 Å². The van der Waals surface area contributed by atoms with Gasteiger partial charge in [0.2, 0.25) is 5.91 Å². The number of carbonyl (C=O) groups excluding carboxylic acids is 1. The van der Waals surface area contributed by atoms with E-state index in [1.807, 2.05) is 4.90 Å². The summed E-state index contributed by atoms with van der Waals surface area (Å²) < 4.78 is 5.26. The van der Waals surface area contributed by atoms with Gasteiger partial charge in [-0.05, 0) is 18.8 Å². The van der Waals surface area contributed by atoms with Gasteiger partial charge in [-0.1, -0.05) is 0 Å². The van der Waals surface area contributed by atoms with Crippen LogP contribution in [0.2, 0.25) is 0 Å². The van der Waals surface area contributed by atoms with E-state index < -0.39 is 0 Å². The van der Waals surface area contributed by atoms with Crippen LogP contribution >= 0.6 is 0 Å². The zero-order valence-corrected chi connectivity index (χ0v) is 7.74. The average Bonchev–Trinajstić information content (AvgIpc) is 2.64. The van der Waals surface area contributed by atoms with Crippen LogP contribution in [0.15, 0.2) is 0 Å². The van der Waals surface area contributed by atoms with Gasteiger partial charge in [0, 0.05) is 26.3 Å². The Kier molecular flexibility index (Phi) is 2.51. The van der Waals surface area contributed by atoms with Gasteiger partial charge in [-0.2, -0.15) is 0 Å². The van der Waals surface area contributed by atoms with Crippen molar-refractivity contribution in [2.24, 2.45) is 11.7 Å². The molecule has 2 aliphatic rings. The number of hydrogen-bond donors (Lipinski definition) is 1. The molecule has 0 aromatic heterocycles. The van der Waals surface area contributed by atoms with E-state index in [1.54, 1.807) is 0 Å². The van der Waals surface area contributed by atoms with Crippen molar-refractivity contribution in [3.63, 3.8) is 0 Å². The molecule has 0 bridgehead atoms. The second-order valence-corrected chi connectivity index (χ2v) is 3.91. The highest BCUT2D eigenvalue weighted by molar-refractivity contribution is 5.87. The van der Waals surface area contributed by atoms with E-state index in [9.17, 15) is 4.79 Å². The Morgan fingerprint density at radius 3 is 3.00 bits per heavy atom. The first kappa shape index (κ1) is 8.97. The number of nitrogens with zero attached hydrogens (tertiary/aromatic N) is 1. The molecule has 2 atom stereocenters. The van der Waals surface area contributed by atoms with Crippen molar-refractivity contribution < 1.29 is 9.53 Å². The van der Waals surface area contributed by atoms with Gasteiger partial charge in [-0.3, -0.25) is 4.79 Å². The first-order chi connectivity index (χ1) is 6.27. The predicted molar refractivity (Wildman–Crippen MR) is 48.1 cm³/mol. The van der Waals surface area contributed by atoms with Crippen molar-refractivity contribution in [2.45, 2.75) is 18.9 Å². The molecule has 2 rings (SSSR count). The maximum absolute atomic E-state index is 11.1. The maximum Gasteiger partial charge on any atom is 0.241 e. The van der Waals surface area contributed by atoms with Gasteiger partial charge < -0.3 is 15.4 Å². The molecule has 0 saturated carbocycles. The third-order valence-electron chi connectivity index (χ3n) is 2.88. The van der Waals surface area contributed by atoms with Gasteiger partial charge >= 0.3 is 0 Å².